The Bertz CT molecular complexity index is 1050. The minimum absolute atomic E-state index is 0.0557. The zero-order valence-electron chi connectivity index (χ0n) is 14.6. The summed E-state index contributed by atoms with van der Waals surface area (Å²) in [5, 5.41) is 15.9. The van der Waals surface area contributed by atoms with E-state index < -0.39 is 16.2 Å². The van der Waals surface area contributed by atoms with Gasteiger partial charge in [0.15, 0.2) is 0 Å². The SMILES string of the molecule is O=C(O)O.O=S(=O)(NC1CCCCC1)c1ccc2c(c1)oc1ccccc12. The molecule has 0 saturated heterocycles. The second-order valence-corrected chi connectivity index (χ2v) is 8.21. The standard InChI is InChI=1S/C18H19NO3S.CH2O3/c20-23(21,19-13-6-2-1-3-7-13)14-10-11-16-15-8-4-5-9-17(15)22-18(16)12-14;2-1(3)4/h4-5,8-13,19H,1-3,6-7H2;(H2,2,3,4). The average molecular weight is 391 g/mol. The summed E-state index contributed by atoms with van der Waals surface area (Å²) in [4.78, 5) is 8.83. The molecule has 0 aliphatic heterocycles. The number of nitrogens with one attached hydrogen (secondary N) is 1. The van der Waals surface area contributed by atoms with E-state index in [1.165, 1.54) is 6.42 Å². The van der Waals surface area contributed by atoms with Crippen LogP contribution in [0.25, 0.3) is 21.9 Å². The summed E-state index contributed by atoms with van der Waals surface area (Å²) in [5.41, 5.74) is 1.38. The van der Waals surface area contributed by atoms with Gasteiger partial charge in [0, 0.05) is 22.9 Å². The van der Waals surface area contributed by atoms with Gasteiger partial charge < -0.3 is 14.6 Å². The number of hydrogen-bond donors (Lipinski definition) is 3. The summed E-state index contributed by atoms with van der Waals surface area (Å²) in [7, 11) is -3.50. The van der Waals surface area contributed by atoms with E-state index >= 15 is 0 Å². The van der Waals surface area contributed by atoms with Crippen LogP contribution in [0.5, 0.6) is 0 Å². The Balaban J connectivity index is 0.000000481. The fourth-order valence-electron chi connectivity index (χ4n) is 3.38. The topological polar surface area (TPSA) is 117 Å². The Morgan fingerprint density at radius 2 is 1.59 bits per heavy atom. The van der Waals surface area contributed by atoms with E-state index in [2.05, 4.69) is 4.72 Å². The first-order chi connectivity index (χ1) is 12.9. The van der Waals surface area contributed by atoms with Crippen molar-refractivity contribution in [3.63, 3.8) is 0 Å². The Morgan fingerprint density at radius 3 is 2.30 bits per heavy atom. The molecule has 1 aliphatic rings. The number of rotatable bonds is 3. The van der Waals surface area contributed by atoms with Crippen molar-refractivity contribution in [3.8, 4) is 0 Å². The Labute approximate surface area is 156 Å². The third kappa shape index (κ3) is 4.58. The molecule has 1 heterocycles. The lowest BCUT2D eigenvalue weighted by Crippen LogP contribution is -2.36. The van der Waals surface area contributed by atoms with E-state index in [1.807, 2.05) is 30.3 Å². The van der Waals surface area contributed by atoms with Crippen molar-refractivity contribution >= 4 is 38.1 Å². The lowest BCUT2D eigenvalue weighted by atomic mass is 9.96. The highest BCUT2D eigenvalue weighted by atomic mass is 32.2. The molecule has 1 fully saturated rings. The van der Waals surface area contributed by atoms with Crippen molar-refractivity contribution < 1.29 is 27.8 Å². The number of para-hydroxylation sites is 1. The molecule has 1 saturated carbocycles. The molecule has 4 rings (SSSR count). The summed E-state index contributed by atoms with van der Waals surface area (Å²) in [6.07, 6.45) is 3.40. The minimum atomic E-state index is -3.50. The summed E-state index contributed by atoms with van der Waals surface area (Å²) >= 11 is 0. The van der Waals surface area contributed by atoms with Crippen LogP contribution in [0.1, 0.15) is 32.1 Å². The zero-order chi connectivity index (χ0) is 19.4. The summed E-state index contributed by atoms with van der Waals surface area (Å²) < 4.78 is 33.8. The smallest absolute Gasteiger partial charge is 0.456 e. The molecule has 0 bridgehead atoms. The van der Waals surface area contributed by atoms with E-state index in [0.29, 0.717) is 5.58 Å². The van der Waals surface area contributed by atoms with Crippen molar-refractivity contribution in [2.24, 2.45) is 0 Å². The maximum Gasteiger partial charge on any atom is 0.503 e. The average Bonchev–Trinajstić information content (AvgIpc) is 2.99. The molecule has 1 aromatic heterocycles. The number of sulfonamides is 1. The van der Waals surface area contributed by atoms with Gasteiger partial charge in [-0.05, 0) is 31.0 Å². The van der Waals surface area contributed by atoms with E-state index in [1.54, 1.807) is 12.1 Å². The van der Waals surface area contributed by atoms with Crippen LogP contribution in [0.3, 0.4) is 0 Å². The van der Waals surface area contributed by atoms with Crippen molar-refractivity contribution in [2.45, 2.75) is 43.0 Å². The second kappa shape index (κ2) is 7.98. The predicted octanol–water partition coefficient (Wildman–Crippen LogP) is 4.42. The van der Waals surface area contributed by atoms with Crippen LogP contribution in [0.2, 0.25) is 0 Å². The maximum atomic E-state index is 12.6. The normalized spacial score (nSPS) is 15.4. The van der Waals surface area contributed by atoms with Crippen molar-refractivity contribution in [1.29, 1.82) is 0 Å². The van der Waals surface area contributed by atoms with Gasteiger partial charge in [-0.2, -0.15) is 0 Å². The molecular weight excluding hydrogens is 370 g/mol. The third-order valence-electron chi connectivity index (χ3n) is 4.59. The molecule has 1 aliphatic carbocycles. The summed E-state index contributed by atoms with van der Waals surface area (Å²) in [6, 6.07) is 12.9. The lowest BCUT2D eigenvalue weighted by Gasteiger charge is -2.22. The molecule has 7 nitrogen and oxygen atoms in total. The van der Waals surface area contributed by atoms with Crippen LogP contribution in [-0.4, -0.2) is 30.8 Å². The van der Waals surface area contributed by atoms with Crippen LogP contribution < -0.4 is 4.72 Å². The fraction of sp³-hybridized carbons (Fsp3) is 0.316. The maximum absolute atomic E-state index is 12.6. The minimum Gasteiger partial charge on any atom is -0.456 e. The quantitative estimate of drug-likeness (QED) is 0.608. The molecule has 0 radical (unpaired) electrons. The molecular formula is C19H21NO6S. The highest BCUT2D eigenvalue weighted by Crippen LogP contribution is 2.30. The van der Waals surface area contributed by atoms with Crippen molar-refractivity contribution in [2.75, 3.05) is 0 Å². The van der Waals surface area contributed by atoms with Crippen LogP contribution in [0, 0.1) is 0 Å². The number of fused-ring (bicyclic) bond motifs is 3. The van der Waals surface area contributed by atoms with Crippen molar-refractivity contribution in [1.82, 2.24) is 4.72 Å². The Kier molecular flexibility index (Phi) is 5.67. The lowest BCUT2D eigenvalue weighted by molar-refractivity contribution is 0.137. The second-order valence-electron chi connectivity index (χ2n) is 6.49. The summed E-state index contributed by atoms with van der Waals surface area (Å²) in [5.74, 6) is 0. The van der Waals surface area contributed by atoms with Crippen LogP contribution in [-0.2, 0) is 10.0 Å². The molecule has 0 spiro atoms. The molecule has 3 N–H and O–H groups in total. The molecule has 8 heteroatoms. The van der Waals surface area contributed by atoms with Crippen molar-refractivity contribution in [3.05, 3.63) is 42.5 Å². The van der Waals surface area contributed by atoms with E-state index in [9.17, 15) is 8.42 Å². The van der Waals surface area contributed by atoms with Gasteiger partial charge in [0.1, 0.15) is 11.2 Å². The largest absolute Gasteiger partial charge is 0.503 e. The number of carboxylic acid groups (broad SMARTS) is 2. The third-order valence-corrected chi connectivity index (χ3v) is 6.11. The fourth-order valence-corrected chi connectivity index (χ4v) is 4.70. The van der Waals surface area contributed by atoms with Crippen LogP contribution in [0.15, 0.2) is 51.8 Å². The van der Waals surface area contributed by atoms with Gasteiger partial charge >= 0.3 is 6.16 Å². The van der Waals surface area contributed by atoms with Gasteiger partial charge in [0.05, 0.1) is 4.90 Å². The van der Waals surface area contributed by atoms with Gasteiger partial charge in [0.25, 0.3) is 0 Å². The first-order valence-corrected chi connectivity index (χ1v) is 10.2. The molecule has 27 heavy (non-hydrogen) atoms. The Hall–Kier alpha value is -2.58. The van der Waals surface area contributed by atoms with Gasteiger partial charge in [-0.3, -0.25) is 0 Å². The first-order valence-electron chi connectivity index (χ1n) is 8.72. The van der Waals surface area contributed by atoms with Gasteiger partial charge in [0.2, 0.25) is 10.0 Å². The molecule has 2 aromatic carbocycles. The molecule has 0 amide bonds. The van der Waals surface area contributed by atoms with E-state index in [4.69, 9.17) is 19.4 Å². The Morgan fingerprint density at radius 1 is 0.963 bits per heavy atom. The van der Waals surface area contributed by atoms with Gasteiger partial charge in [-0.1, -0.05) is 37.5 Å². The molecule has 0 atom stereocenters. The molecule has 3 aromatic rings. The van der Waals surface area contributed by atoms with E-state index in [0.717, 1.165) is 42.0 Å². The zero-order valence-corrected chi connectivity index (χ0v) is 15.4. The van der Waals surface area contributed by atoms with Crippen LogP contribution in [0.4, 0.5) is 4.79 Å². The first kappa shape index (κ1) is 19.2. The number of carbonyl (C=O) groups is 1. The summed E-state index contributed by atoms with van der Waals surface area (Å²) in [6.45, 7) is 0. The monoisotopic (exact) mass is 391 g/mol. The highest BCUT2D eigenvalue weighted by molar-refractivity contribution is 7.89. The van der Waals surface area contributed by atoms with E-state index in [-0.39, 0.29) is 10.9 Å². The number of benzene rings is 2. The van der Waals surface area contributed by atoms with Gasteiger partial charge in [-0.15, -0.1) is 0 Å². The molecule has 0 unspecified atom stereocenters. The van der Waals surface area contributed by atoms with Crippen LogP contribution >= 0.6 is 0 Å². The molecule has 144 valence electrons. The van der Waals surface area contributed by atoms with Gasteiger partial charge in [-0.25, -0.2) is 17.9 Å². The number of hydrogen-bond acceptors (Lipinski definition) is 4. The highest BCUT2D eigenvalue weighted by Gasteiger charge is 2.22. The predicted molar refractivity (Wildman–Crippen MR) is 102 cm³/mol. The number of furan rings is 1.